The van der Waals surface area contributed by atoms with Crippen molar-refractivity contribution in [3.63, 3.8) is 0 Å². The van der Waals surface area contributed by atoms with Gasteiger partial charge < -0.3 is 8.98 Å². The van der Waals surface area contributed by atoms with Crippen LogP contribution in [0.2, 0.25) is 0 Å². The van der Waals surface area contributed by atoms with Gasteiger partial charge in [-0.25, -0.2) is 9.97 Å². The van der Waals surface area contributed by atoms with Gasteiger partial charge in [0.1, 0.15) is 11.4 Å². The molecule has 0 aliphatic carbocycles. The van der Waals surface area contributed by atoms with Crippen LogP contribution in [0.5, 0.6) is 0 Å². The van der Waals surface area contributed by atoms with Crippen molar-refractivity contribution in [1.29, 1.82) is 0 Å². The Kier molecular flexibility index (Phi) is 4.11. The molecule has 0 aliphatic heterocycles. The molecular weight excluding hydrogens is 382 g/mol. The zero-order chi connectivity index (χ0) is 22.1. The van der Waals surface area contributed by atoms with Crippen LogP contribution in [0.15, 0.2) is 52.9 Å². The van der Waals surface area contributed by atoms with Crippen LogP contribution in [0, 0.1) is 6.92 Å². The summed E-state index contributed by atoms with van der Waals surface area (Å²) in [7, 11) is 0. The molecule has 0 amide bonds. The zero-order valence-electron chi connectivity index (χ0n) is 19.4. The highest BCUT2D eigenvalue weighted by molar-refractivity contribution is 6.10. The van der Waals surface area contributed by atoms with Crippen LogP contribution in [0.3, 0.4) is 0 Å². The van der Waals surface area contributed by atoms with Crippen molar-refractivity contribution in [2.24, 2.45) is 0 Å². The van der Waals surface area contributed by atoms with Crippen LogP contribution >= 0.6 is 0 Å². The van der Waals surface area contributed by atoms with E-state index < -0.39 is 0 Å². The summed E-state index contributed by atoms with van der Waals surface area (Å²) in [5, 5.41) is 2.17. The number of nitrogens with zero attached hydrogens (tertiary/aromatic N) is 3. The first-order valence-electron chi connectivity index (χ1n) is 10.9. The minimum Gasteiger partial charge on any atom is -0.437 e. The van der Waals surface area contributed by atoms with Gasteiger partial charge in [0.25, 0.3) is 0 Å². The van der Waals surface area contributed by atoms with E-state index in [4.69, 9.17) is 14.4 Å². The quantitative estimate of drug-likeness (QED) is 0.289. The Hall–Kier alpha value is -3.14. The molecule has 158 valence electrons. The van der Waals surface area contributed by atoms with Gasteiger partial charge in [0, 0.05) is 27.4 Å². The Morgan fingerprint density at radius 3 is 2.29 bits per heavy atom. The number of hydrogen-bond donors (Lipinski definition) is 0. The fourth-order valence-electron chi connectivity index (χ4n) is 4.41. The van der Waals surface area contributed by atoms with Gasteiger partial charge in [-0.2, -0.15) is 0 Å². The molecule has 5 rings (SSSR count). The van der Waals surface area contributed by atoms with Gasteiger partial charge in [-0.3, -0.25) is 0 Å². The fraction of sp³-hybridized carbons (Fsp3) is 0.333. The SMILES string of the molecule is Cc1ccc(-c2nc3ccccc3n2C(C)(C)C)c2oc3nc(C(C)(C)C)ccc3c12. The summed E-state index contributed by atoms with van der Waals surface area (Å²) in [6.45, 7) is 15.3. The lowest BCUT2D eigenvalue weighted by atomic mass is 9.91. The molecule has 3 heterocycles. The molecule has 0 saturated carbocycles. The number of aromatic nitrogens is 3. The summed E-state index contributed by atoms with van der Waals surface area (Å²) in [6, 6.07) is 16.9. The van der Waals surface area contributed by atoms with Gasteiger partial charge in [-0.05, 0) is 63.6 Å². The highest BCUT2D eigenvalue weighted by Gasteiger charge is 2.26. The maximum Gasteiger partial charge on any atom is 0.227 e. The first-order chi connectivity index (χ1) is 14.6. The van der Waals surface area contributed by atoms with E-state index in [1.54, 1.807) is 0 Å². The molecule has 0 aliphatic rings. The summed E-state index contributed by atoms with van der Waals surface area (Å²) < 4.78 is 8.77. The summed E-state index contributed by atoms with van der Waals surface area (Å²) in [4.78, 5) is 9.92. The molecule has 0 saturated heterocycles. The third-order valence-electron chi connectivity index (χ3n) is 5.94. The average Bonchev–Trinajstić information content (AvgIpc) is 3.26. The maximum atomic E-state index is 6.45. The predicted molar refractivity (Wildman–Crippen MR) is 129 cm³/mol. The molecular formula is C27H29N3O. The van der Waals surface area contributed by atoms with Crippen LogP contribution in [-0.4, -0.2) is 14.5 Å². The van der Waals surface area contributed by atoms with Gasteiger partial charge in [-0.1, -0.05) is 39.0 Å². The largest absolute Gasteiger partial charge is 0.437 e. The summed E-state index contributed by atoms with van der Waals surface area (Å²) in [5.74, 6) is 0.925. The summed E-state index contributed by atoms with van der Waals surface area (Å²) in [6.07, 6.45) is 0. The number of pyridine rings is 1. The Balaban J connectivity index is 1.88. The van der Waals surface area contributed by atoms with Crippen LogP contribution < -0.4 is 0 Å². The number of imidazole rings is 1. The monoisotopic (exact) mass is 411 g/mol. The van der Waals surface area contributed by atoms with Gasteiger partial charge in [0.2, 0.25) is 5.71 Å². The molecule has 31 heavy (non-hydrogen) atoms. The lowest BCUT2D eigenvalue weighted by molar-refractivity contribution is 0.413. The smallest absolute Gasteiger partial charge is 0.227 e. The Labute approximate surface area is 182 Å². The number of rotatable bonds is 1. The highest BCUT2D eigenvalue weighted by atomic mass is 16.3. The number of hydrogen-bond acceptors (Lipinski definition) is 3. The average molecular weight is 412 g/mol. The highest BCUT2D eigenvalue weighted by Crippen LogP contribution is 2.40. The fourth-order valence-corrected chi connectivity index (χ4v) is 4.41. The number of benzene rings is 2. The molecule has 5 aromatic rings. The molecule has 0 fully saturated rings. The first-order valence-corrected chi connectivity index (χ1v) is 10.9. The molecule has 0 bridgehead atoms. The van der Waals surface area contributed by atoms with E-state index in [1.807, 2.05) is 6.07 Å². The van der Waals surface area contributed by atoms with E-state index in [-0.39, 0.29) is 11.0 Å². The topological polar surface area (TPSA) is 43.9 Å². The maximum absolute atomic E-state index is 6.45. The van der Waals surface area contributed by atoms with Crippen molar-refractivity contribution in [3.05, 3.63) is 59.8 Å². The van der Waals surface area contributed by atoms with E-state index >= 15 is 0 Å². The summed E-state index contributed by atoms with van der Waals surface area (Å²) in [5.41, 5.74) is 6.71. The number of furan rings is 1. The van der Waals surface area contributed by atoms with Crippen LogP contribution in [-0.2, 0) is 11.0 Å². The molecule has 3 aromatic heterocycles. The number of fused-ring (bicyclic) bond motifs is 4. The molecule has 0 spiro atoms. The first kappa shape index (κ1) is 19.8. The molecule has 2 aromatic carbocycles. The van der Waals surface area contributed by atoms with E-state index in [1.165, 1.54) is 5.56 Å². The van der Waals surface area contributed by atoms with E-state index in [2.05, 4.69) is 95.5 Å². The second-order valence-corrected chi connectivity index (χ2v) is 10.5. The molecule has 0 atom stereocenters. The molecule has 4 nitrogen and oxygen atoms in total. The number of para-hydroxylation sites is 2. The van der Waals surface area contributed by atoms with Gasteiger partial charge in [-0.15, -0.1) is 0 Å². The van der Waals surface area contributed by atoms with Crippen molar-refractivity contribution in [3.8, 4) is 11.4 Å². The van der Waals surface area contributed by atoms with Crippen molar-refractivity contribution in [1.82, 2.24) is 14.5 Å². The van der Waals surface area contributed by atoms with Crippen molar-refractivity contribution in [2.75, 3.05) is 0 Å². The Morgan fingerprint density at radius 2 is 1.58 bits per heavy atom. The lowest BCUT2D eigenvalue weighted by Crippen LogP contribution is -2.22. The van der Waals surface area contributed by atoms with Crippen LogP contribution in [0.4, 0.5) is 0 Å². The lowest BCUT2D eigenvalue weighted by Gasteiger charge is -2.24. The number of aryl methyl sites for hydroxylation is 1. The van der Waals surface area contributed by atoms with E-state index in [0.29, 0.717) is 5.71 Å². The van der Waals surface area contributed by atoms with E-state index in [0.717, 1.165) is 44.5 Å². The molecule has 0 radical (unpaired) electrons. The minimum absolute atomic E-state index is 0.0365. The Bertz CT molecular complexity index is 1460. The Morgan fingerprint density at radius 1 is 0.839 bits per heavy atom. The molecule has 4 heteroatoms. The zero-order valence-corrected chi connectivity index (χ0v) is 19.4. The van der Waals surface area contributed by atoms with E-state index in [9.17, 15) is 0 Å². The van der Waals surface area contributed by atoms with Crippen molar-refractivity contribution in [2.45, 2.75) is 59.4 Å². The minimum atomic E-state index is -0.133. The van der Waals surface area contributed by atoms with Gasteiger partial charge in [0.05, 0.1) is 16.6 Å². The van der Waals surface area contributed by atoms with Crippen LogP contribution in [0.25, 0.3) is 44.5 Å². The van der Waals surface area contributed by atoms with Gasteiger partial charge in [0.15, 0.2) is 0 Å². The van der Waals surface area contributed by atoms with Crippen LogP contribution in [0.1, 0.15) is 52.8 Å². The third kappa shape index (κ3) is 3.04. The van der Waals surface area contributed by atoms with Gasteiger partial charge >= 0.3 is 0 Å². The predicted octanol–water partition coefficient (Wildman–Crippen LogP) is 7.36. The summed E-state index contributed by atoms with van der Waals surface area (Å²) >= 11 is 0. The molecule has 0 unspecified atom stereocenters. The standard InChI is InChI=1S/C27H29N3O/c1-16-12-13-18(24-28-19-10-8-9-11-20(19)30(24)27(5,6)7)23-22(16)17-14-15-21(26(2,3)4)29-25(17)31-23/h8-15H,1-7H3. The van der Waals surface area contributed by atoms with Crippen molar-refractivity contribution < 1.29 is 4.42 Å². The second-order valence-electron chi connectivity index (χ2n) is 10.5. The second kappa shape index (κ2) is 6.43. The normalized spacial score (nSPS) is 13.0. The van der Waals surface area contributed by atoms with Crippen molar-refractivity contribution >= 4 is 33.1 Å². The molecule has 0 N–H and O–H groups in total. The third-order valence-corrected chi connectivity index (χ3v) is 5.94.